The van der Waals surface area contributed by atoms with Gasteiger partial charge in [0.05, 0.1) is 20.4 Å². The monoisotopic (exact) mass is 264 g/mol. The number of nitrogens with zero attached hydrogens (tertiary/aromatic N) is 1. The zero-order valence-electron chi connectivity index (χ0n) is 11.8. The van der Waals surface area contributed by atoms with Crippen molar-refractivity contribution in [1.82, 2.24) is 5.43 Å². The fourth-order valence-corrected chi connectivity index (χ4v) is 1.60. The Hall–Kier alpha value is -2.04. The summed E-state index contributed by atoms with van der Waals surface area (Å²) in [5.74, 6) is 1.42. The second-order valence-electron chi connectivity index (χ2n) is 4.47. The summed E-state index contributed by atoms with van der Waals surface area (Å²) in [5.41, 5.74) is 3.23. The Morgan fingerprint density at radius 3 is 2.68 bits per heavy atom. The highest BCUT2D eigenvalue weighted by atomic mass is 16.5. The van der Waals surface area contributed by atoms with Crippen molar-refractivity contribution in [3.8, 4) is 11.5 Å². The van der Waals surface area contributed by atoms with Gasteiger partial charge in [-0.25, -0.2) is 5.43 Å². The Morgan fingerprint density at radius 2 is 2.11 bits per heavy atom. The molecule has 0 radical (unpaired) electrons. The number of carbonyl (C=O) groups is 1. The molecular weight excluding hydrogens is 244 g/mol. The first-order chi connectivity index (χ1) is 9.08. The Bertz CT molecular complexity index is 456. The van der Waals surface area contributed by atoms with E-state index in [1.54, 1.807) is 26.5 Å². The third-order valence-corrected chi connectivity index (χ3v) is 2.42. The Labute approximate surface area is 113 Å². The van der Waals surface area contributed by atoms with Gasteiger partial charge in [-0.3, -0.25) is 4.79 Å². The van der Waals surface area contributed by atoms with E-state index in [4.69, 9.17) is 9.47 Å². The average Bonchev–Trinajstić information content (AvgIpc) is 2.37. The Balaban J connectivity index is 2.74. The normalized spacial score (nSPS) is 10.8. The molecule has 1 aromatic carbocycles. The van der Waals surface area contributed by atoms with Crippen molar-refractivity contribution >= 4 is 12.1 Å². The minimum absolute atomic E-state index is 0.104. The second-order valence-corrected chi connectivity index (χ2v) is 4.47. The number of hydrazone groups is 1. The van der Waals surface area contributed by atoms with Gasteiger partial charge in [0.25, 0.3) is 0 Å². The third-order valence-electron chi connectivity index (χ3n) is 2.42. The highest BCUT2D eigenvalue weighted by Gasteiger charge is 2.07. The topological polar surface area (TPSA) is 59.9 Å². The Kier molecular flexibility index (Phi) is 5.85. The largest absolute Gasteiger partial charge is 0.493 e. The minimum Gasteiger partial charge on any atom is -0.493 e. The van der Waals surface area contributed by atoms with Crippen LogP contribution in [-0.2, 0) is 4.79 Å². The van der Waals surface area contributed by atoms with E-state index in [9.17, 15) is 4.79 Å². The molecule has 0 heterocycles. The number of methoxy groups -OCH3 is 2. The lowest BCUT2D eigenvalue weighted by Gasteiger charge is -2.09. The van der Waals surface area contributed by atoms with E-state index >= 15 is 0 Å². The summed E-state index contributed by atoms with van der Waals surface area (Å²) in [6.45, 7) is 3.96. The SMILES string of the molecule is COc1cccc(C=NNC(=O)CC(C)C)c1OC. The summed E-state index contributed by atoms with van der Waals surface area (Å²) in [5, 5.41) is 3.92. The van der Waals surface area contributed by atoms with Gasteiger partial charge < -0.3 is 9.47 Å². The van der Waals surface area contributed by atoms with Gasteiger partial charge >= 0.3 is 0 Å². The first-order valence-corrected chi connectivity index (χ1v) is 6.11. The van der Waals surface area contributed by atoms with E-state index in [2.05, 4.69) is 10.5 Å². The molecule has 19 heavy (non-hydrogen) atoms. The molecule has 0 bridgehead atoms. The molecule has 0 aliphatic heterocycles. The van der Waals surface area contributed by atoms with Crippen molar-refractivity contribution < 1.29 is 14.3 Å². The van der Waals surface area contributed by atoms with Crippen molar-refractivity contribution in [2.45, 2.75) is 20.3 Å². The van der Waals surface area contributed by atoms with E-state index in [0.29, 0.717) is 23.8 Å². The zero-order valence-corrected chi connectivity index (χ0v) is 11.8. The first kappa shape index (κ1) is 15.0. The summed E-state index contributed by atoms with van der Waals surface area (Å²) in [6, 6.07) is 5.46. The molecule has 0 saturated heterocycles. The molecule has 0 saturated carbocycles. The number of rotatable bonds is 6. The van der Waals surface area contributed by atoms with E-state index in [0.717, 1.165) is 5.56 Å². The highest BCUT2D eigenvalue weighted by molar-refractivity contribution is 5.86. The summed E-state index contributed by atoms with van der Waals surface area (Å²) < 4.78 is 10.4. The van der Waals surface area contributed by atoms with Gasteiger partial charge in [-0.1, -0.05) is 19.9 Å². The van der Waals surface area contributed by atoms with Gasteiger partial charge in [0, 0.05) is 12.0 Å². The maximum Gasteiger partial charge on any atom is 0.240 e. The zero-order chi connectivity index (χ0) is 14.3. The summed E-state index contributed by atoms with van der Waals surface area (Å²) in [7, 11) is 3.13. The van der Waals surface area contributed by atoms with Gasteiger partial charge in [0.15, 0.2) is 11.5 Å². The molecule has 104 valence electrons. The van der Waals surface area contributed by atoms with Crippen LogP contribution >= 0.6 is 0 Å². The predicted molar refractivity (Wildman–Crippen MR) is 74.7 cm³/mol. The van der Waals surface area contributed by atoms with Crippen LogP contribution in [0.15, 0.2) is 23.3 Å². The number of para-hydroxylation sites is 1. The van der Waals surface area contributed by atoms with Crippen LogP contribution < -0.4 is 14.9 Å². The van der Waals surface area contributed by atoms with Crippen molar-refractivity contribution in [3.63, 3.8) is 0 Å². The fourth-order valence-electron chi connectivity index (χ4n) is 1.60. The van der Waals surface area contributed by atoms with Crippen LogP contribution in [0, 0.1) is 5.92 Å². The minimum atomic E-state index is -0.104. The first-order valence-electron chi connectivity index (χ1n) is 6.11. The third kappa shape index (κ3) is 4.62. The second kappa shape index (κ2) is 7.41. The van der Waals surface area contributed by atoms with Crippen LogP contribution in [-0.4, -0.2) is 26.3 Å². The molecule has 5 nitrogen and oxygen atoms in total. The Morgan fingerprint density at radius 1 is 1.37 bits per heavy atom. The predicted octanol–water partition coefficient (Wildman–Crippen LogP) is 2.20. The van der Waals surface area contributed by atoms with Crippen LogP contribution in [0.1, 0.15) is 25.8 Å². The molecule has 1 amide bonds. The van der Waals surface area contributed by atoms with Crippen LogP contribution in [0.5, 0.6) is 11.5 Å². The molecule has 1 N–H and O–H groups in total. The van der Waals surface area contributed by atoms with Crippen LogP contribution in [0.2, 0.25) is 0 Å². The molecule has 1 rings (SSSR count). The van der Waals surface area contributed by atoms with Gasteiger partial charge in [-0.05, 0) is 18.1 Å². The van der Waals surface area contributed by atoms with Crippen molar-refractivity contribution in [3.05, 3.63) is 23.8 Å². The molecule has 0 fully saturated rings. The summed E-state index contributed by atoms with van der Waals surface area (Å²) in [4.78, 5) is 11.4. The van der Waals surface area contributed by atoms with Gasteiger partial charge in [0.2, 0.25) is 5.91 Å². The highest BCUT2D eigenvalue weighted by Crippen LogP contribution is 2.29. The number of ether oxygens (including phenoxy) is 2. The maximum absolute atomic E-state index is 11.4. The molecule has 0 aliphatic carbocycles. The molecular formula is C14H20N2O3. The van der Waals surface area contributed by atoms with E-state index in [-0.39, 0.29) is 5.91 Å². The van der Waals surface area contributed by atoms with Crippen LogP contribution in [0.3, 0.4) is 0 Å². The molecule has 0 spiro atoms. The molecule has 0 aliphatic rings. The number of amides is 1. The van der Waals surface area contributed by atoms with E-state index < -0.39 is 0 Å². The van der Waals surface area contributed by atoms with Gasteiger partial charge in [0.1, 0.15) is 0 Å². The molecule has 1 aromatic rings. The summed E-state index contributed by atoms with van der Waals surface area (Å²) in [6.07, 6.45) is 1.99. The van der Waals surface area contributed by atoms with Crippen molar-refractivity contribution in [2.24, 2.45) is 11.0 Å². The number of hydrogen-bond acceptors (Lipinski definition) is 4. The van der Waals surface area contributed by atoms with Crippen molar-refractivity contribution in [2.75, 3.05) is 14.2 Å². The maximum atomic E-state index is 11.4. The quantitative estimate of drug-likeness (QED) is 0.633. The van der Waals surface area contributed by atoms with Gasteiger partial charge in [-0.15, -0.1) is 0 Å². The van der Waals surface area contributed by atoms with Crippen molar-refractivity contribution in [1.29, 1.82) is 0 Å². The molecule has 0 unspecified atom stereocenters. The van der Waals surface area contributed by atoms with Crippen LogP contribution in [0.25, 0.3) is 0 Å². The number of carbonyl (C=O) groups excluding carboxylic acids is 1. The van der Waals surface area contributed by atoms with Gasteiger partial charge in [-0.2, -0.15) is 5.10 Å². The van der Waals surface area contributed by atoms with E-state index in [1.165, 1.54) is 0 Å². The molecule has 0 atom stereocenters. The standard InChI is InChI=1S/C14H20N2O3/c1-10(2)8-13(17)16-15-9-11-6-5-7-12(18-3)14(11)19-4/h5-7,9-10H,8H2,1-4H3,(H,16,17). The fraction of sp³-hybridized carbons (Fsp3) is 0.429. The average molecular weight is 264 g/mol. The number of benzene rings is 1. The summed E-state index contributed by atoms with van der Waals surface area (Å²) >= 11 is 0. The van der Waals surface area contributed by atoms with Crippen LogP contribution in [0.4, 0.5) is 0 Å². The number of hydrogen-bond donors (Lipinski definition) is 1. The number of nitrogens with one attached hydrogen (secondary N) is 1. The molecule has 0 aromatic heterocycles. The lowest BCUT2D eigenvalue weighted by molar-refractivity contribution is -0.121. The van der Waals surface area contributed by atoms with E-state index in [1.807, 2.05) is 26.0 Å². The lowest BCUT2D eigenvalue weighted by atomic mass is 10.1. The molecule has 5 heteroatoms. The smallest absolute Gasteiger partial charge is 0.240 e. The lowest BCUT2D eigenvalue weighted by Crippen LogP contribution is -2.19.